The van der Waals surface area contributed by atoms with Gasteiger partial charge in [0.2, 0.25) is 0 Å². The Kier molecular flexibility index (Phi) is 4.96. The topological polar surface area (TPSA) is 37.4 Å². The number of hydrogen-bond donors (Lipinski definition) is 0. The van der Waals surface area contributed by atoms with E-state index in [1.807, 2.05) is 0 Å². The van der Waals surface area contributed by atoms with Crippen molar-refractivity contribution in [1.82, 2.24) is 4.31 Å². The van der Waals surface area contributed by atoms with Crippen LogP contribution in [0, 0.1) is 0 Å². The molecule has 0 N–H and O–H groups in total. The van der Waals surface area contributed by atoms with Gasteiger partial charge in [0, 0.05) is 19.0 Å². The normalized spacial score (nSPS) is 12.8. The fourth-order valence-electron chi connectivity index (χ4n) is 0.672. The molecule has 3 nitrogen and oxygen atoms in total. The average Bonchev–Trinajstić information content (AvgIpc) is 1.99. The molecule has 12 heavy (non-hydrogen) atoms. The Morgan fingerprint density at radius 2 is 2.00 bits per heavy atom. The molecule has 0 rings (SSSR count). The minimum absolute atomic E-state index is 0.0133. The quantitative estimate of drug-likeness (QED) is 0.652. The summed E-state index contributed by atoms with van der Waals surface area (Å²) in [6.45, 7) is 1.41. The molecule has 0 unspecified atom stereocenters. The van der Waals surface area contributed by atoms with Gasteiger partial charge in [-0.2, -0.15) is 13.1 Å². The van der Waals surface area contributed by atoms with Crippen molar-refractivity contribution in [1.29, 1.82) is 0 Å². The lowest BCUT2D eigenvalue weighted by molar-refractivity contribution is 0.220. The molecule has 7 heteroatoms. The molecule has 0 fully saturated rings. The van der Waals surface area contributed by atoms with Crippen LogP contribution in [-0.4, -0.2) is 37.5 Å². The SMILES string of the molecule is CCN(CCCl)S(=O)(=O)C(F)F. The fraction of sp³-hybridized carbons (Fsp3) is 1.00. The van der Waals surface area contributed by atoms with Crippen molar-refractivity contribution in [3.05, 3.63) is 0 Å². The Bertz CT molecular complexity index is 219. The maximum absolute atomic E-state index is 11.9. The van der Waals surface area contributed by atoms with E-state index in [1.54, 1.807) is 0 Å². The third-order valence-electron chi connectivity index (χ3n) is 1.27. The number of sulfonamides is 1. The lowest BCUT2D eigenvalue weighted by atomic mass is 10.7. The predicted octanol–water partition coefficient (Wildman–Crippen LogP) is 1.10. The smallest absolute Gasteiger partial charge is 0.206 e. The minimum Gasteiger partial charge on any atom is -0.206 e. The van der Waals surface area contributed by atoms with Gasteiger partial charge in [-0.15, -0.1) is 11.6 Å². The first-order valence-electron chi connectivity index (χ1n) is 3.29. The summed E-state index contributed by atoms with van der Waals surface area (Å²) in [7, 11) is -4.44. The predicted molar refractivity (Wildman–Crippen MR) is 42.9 cm³/mol. The van der Waals surface area contributed by atoms with Crippen LogP contribution in [0.2, 0.25) is 0 Å². The molecule has 0 bridgehead atoms. The van der Waals surface area contributed by atoms with Crippen molar-refractivity contribution < 1.29 is 17.2 Å². The molecule has 0 aliphatic heterocycles. The lowest BCUT2D eigenvalue weighted by Crippen LogP contribution is -2.36. The molecule has 0 atom stereocenters. The number of halogens is 3. The van der Waals surface area contributed by atoms with Gasteiger partial charge in [0.25, 0.3) is 10.0 Å². The van der Waals surface area contributed by atoms with Gasteiger partial charge in [-0.05, 0) is 0 Å². The van der Waals surface area contributed by atoms with E-state index in [4.69, 9.17) is 11.6 Å². The summed E-state index contributed by atoms with van der Waals surface area (Å²) in [5.74, 6) is -3.35. The average molecular weight is 222 g/mol. The van der Waals surface area contributed by atoms with Gasteiger partial charge in [-0.25, -0.2) is 8.42 Å². The maximum Gasteiger partial charge on any atom is 0.350 e. The van der Waals surface area contributed by atoms with E-state index in [0.29, 0.717) is 4.31 Å². The second-order valence-electron chi connectivity index (χ2n) is 1.99. The van der Waals surface area contributed by atoms with Crippen molar-refractivity contribution in [2.45, 2.75) is 12.7 Å². The van der Waals surface area contributed by atoms with Crippen molar-refractivity contribution >= 4 is 21.6 Å². The maximum atomic E-state index is 11.9. The highest BCUT2D eigenvalue weighted by Gasteiger charge is 2.30. The molecule has 0 aromatic heterocycles. The zero-order chi connectivity index (χ0) is 9.78. The molecule has 0 heterocycles. The van der Waals surface area contributed by atoms with E-state index in [1.165, 1.54) is 6.92 Å². The Labute approximate surface area is 75.4 Å². The third kappa shape index (κ3) is 2.84. The number of hydrogen-bond acceptors (Lipinski definition) is 2. The van der Waals surface area contributed by atoms with Crippen LogP contribution in [0.15, 0.2) is 0 Å². The summed E-state index contributed by atoms with van der Waals surface area (Å²) >= 11 is 5.23. The molecular formula is C5H10ClF2NO2S. The van der Waals surface area contributed by atoms with E-state index in [0.717, 1.165) is 0 Å². The van der Waals surface area contributed by atoms with Crippen LogP contribution in [0.5, 0.6) is 0 Å². The highest BCUT2D eigenvalue weighted by Crippen LogP contribution is 2.11. The lowest BCUT2D eigenvalue weighted by Gasteiger charge is -2.17. The van der Waals surface area contributed by atoms with E-state index in [-0.39, 0.29) is 19.0 Å². The van der Waals surface area contributed by atoms with Gasteiger partial charge in [-0.3, -0.25) is 0 Å². The van der Waals surface area contributed by atoms with Crippen LogP contribution >= 0.6 is 11.6 Å². The van der Waals surface area contributed by atoms with Gasteiger partial charge in [0.1, 0.15) is 0 Å². The monoisotopic (exact) mass is 221 g/mol. The minimum atomic E-state index is -4.44. The van der Waals surface area contributed by atoms with E-state index >= 15 is 0 Å². The largest absolute Gasteiger partial charge is 0.350 e. The molecule has 0 aliphatic carbocycles. The second-order valence-corrected chi connectivity index (χ2v) is 4.27. The standard InChI is InChI=1S/C5H10ClF2NO2S/c1-2-9(4-3-6)12(10,11)5(7)8/h5H,2-4H2,1H3. The van der Waals surface area contributed by atoms with E-state index in [9.17, 15) is 17.2 Å². The van der Waals surface area contributed by atoms with Crippen molar-refractivity contribution in [3.63, 3.8) is 0 Å². The Balaban J connectivity index is 4.49. The molecule has 74 valence electrons. The zero-order valence-corrected chi connectivity index (χ0v) is 8.08. The van der Waals surface area contributed by atoms with Crippen molar-refractivity contribution in [3.8, 4) is 0 Å². The van der Waals surface area contributed by atoms with Crippen LogP contribution < -0.4 is 0 Å². The molecule has 0 radical (unpaired) electrons. The van der Waals surface area contributed by atoms with Gasteiger partial charge in [-0.1, -0.05) is 6.92 Å². The third-order valence-corrected chi connectivity index (χ3v) is 3.05. The molecule has 0 aromatic carbocycles. The summed E-state index contributed by atoms with van der Waals surface area (Å²) in [5, 5.41) is 0. The van der Waals surface area contributed by atoms with Crippen LogP contribution in [0.3, 0.4) is 0 Å². The van der Waals surface area contributed by atoms with Gasteiger partial charge < -0.3 is 0 Å². The van der Waals surface area contributed by atoms with Crippen LogP contribution in [0.25, 0.3) is 0 Å². The van der Waals surface area contributed by atoms with Crippen LogP contribution in [0.4, 0.5) is 8.78 Å². The van der Waals surface area contributed by atoms with Gasteiger partial charge in [0.05, 0.1) is 0 Å². The second kappa shape index (κ2) is 4.94. The molecule has 0 aliphatic rings. The van der Waals surface area contributed by atoms with E-state index in [2.05, 4.69) is 0 Å². The summed E-state index contributed by atoms with van der Waals surface area (Å²) in [6.07, 6.45) is 0. The van der Waals surface area contributed by atoms with E-state index < -0.39 is 15.8 Å². The number of nitrogens with zero attached hydrogens (tertiary/aromatic N) is 1. The summed E-state index contributed by atoms with van der Waals surface area (Å²) in [4.78, 5) is 0. The molecule has 0 spiro atoms. The highest BCUT2D eigenvalue weighted by atomic mass is 35.5. The molecule has 0 saturated heterocycles. The summed E-state index contributed by atoms with van der Waals surface area (Å²) < 4.78 is 46.0. The van der Waals surface area contributed by atoms with Crippen molar-refractivity contribution in [2.75, 3.05) is 19.0 Å². The summed E-state index contributed by atoms with van der Waals surface area (Å²) in [5.41, 5.74) is 0. The fourth-order valence-corrected chi connectivity index (χ4v) is 1.91. The molecule has 0 aromatic rings. The van der Waals surface area contributed by atoms with Crippen LogP contribution in [0.1, 0.15) is 6.92 Å². The van der Waals surface area contributed by atoms with Gasteiger partial charge >= 0.3 is 5.76 Å². The Hall–Kier alpha value is 0.0600. The number of alkyl halides is 3. The molecular weight excluding hydrogens is 212 g/mol. The number of rotatable bonds is 5. The molecule has 0 saturated carbocycles. The first kappa shape index (κ1) is 12.1. The zero-order valence-electron chi connectivity index (χ0n) is 6.50. The first-order chi connectivity index (χ1) is 5.46. The Morgan fingerprint density at radius 1 is 1.50 bits per heavy atom. The first-order valence-corrected chi connectivity index (χ1v) is 5.33. The van der Waals surface area contributed by atoms with Crippen LogP contribution in [-0.2, 0) is 10.0 Å². The summed E-state index contributed by atoms with van der Waals surface area (Å²) in [6, 6.07) is 0. The highest BCUT2D eigenvalue weighted by molar-refractivity contribution is 7.89. The van der Waals surface area contributed by atoms with Gasteiger partial charge in [0.15, 0.2) is 0 Å². The Morgan fingerprint density at radius 3 is 2.25 bits per heavy atom. The van der Waals surface area contributed by atoms with Crippen molar-refractivity contribution in [2.24, 2.45) is 0 Å². The molecule has 0 amide bonds.